The van der Waals surface area contributed by atoms with Gasteiger partial charge in [0.1, 0.15) is 0 Å². The zero-order valence-electron chi connectivity index (χ0n) is 16.0. The smallest absolute Gasteiger partial charge is 0.0579 e. The van der Waals surface area contributed by atoms with E-state index in [0.29, 0.717) is 4.66 Å². The fourth-order valence-corrected chi connectivity index (χ4v) is 18.4. The number of aryl methyl sites for hydroxylation is 2. The van der Waals surface area contributed by atoms with E-state index in [4.69, 9.17) is 0 Å². The van der Waals surface area contributed by atoms with Crippen LogP contribution in [0.5, 0.6) is 0 Å². The average molecular weight is 339 g/mol. The molecule has 2 aromatic carbocycles. The Bertz CT molecular complexity index is 706. The number of rotatable bonds is 2. The van der Waals surface area contributed by atoms with E-state index in [1.807, 2.05) is 0 Å². The summed E-state index contributed by atoms with van der Waals surface area (Å²) >= 11 is 0. The summed E-state index contributed by atoms with van der Waals surface area (Å²) in [7, 11) is -2.99. The van der Waals surface area contributed by atoms with Gasteiger partial charge in [-0.1, -0.05) is 86.8 Å². The highest BCUT2D eigenvalue weighted by Crippen LogP contribution is 2.57. The molecule has 1 aliphatic carbocycles. The fraction of sp³-hybridized carbons (Fsp3) is 0.429. The van der Waals surface area contributed by atoms with Gasteiger partial charge in [0.2, 0.25) is 0 Å². The molecule has 1 aliphatic rings. The molecule has 122 valence electrons. The highest BCUT2D eigenvalue weighted by molar-refractivity contribution is 6.99. The maximum atomic E-state index is 2.58. The molecule has 0 radical (unpaired) electrons. The minimum Gasteiger partial charge on any atom is -0.0688 e. The molecule has 0 N–H and O–H groups in total. The normalized spacial score (nSPS) is 16.2. The third-order valence-electron chi connectivity index (χ3n) is 5.70. The van der Waals surface area contributed by atoms with Gasteiger partial charge in [-0.05, 0) is 36.1 Å². The zero-order valence-corrected chi connectivity index (χ0v) is 18.0. The first-order valence-electron chi connectivity index (χ1n) is 8.73. The minimum absolute atomic E-state index is 0.294. The summed E-state index contributed by atoms with van der Waals surface area (Å²) in [4.78, 5) is 0. The van der Waals surface area contributed by atoms with Gasteiger partial charge in [0.25, 0.3) is 0 Å². The molecule has 0 bridgehead atoms. The number of benzene rings is 2. The van der Waals surface area contributed by atoms with Crippen LogP contribution in [-0.4, -0.2) is 16.1 Å². The third-order valence-corrected chi connectivity index (χ3v) is 15.8. The lowest BCUT2D eigenvalue weighted by atomic mass is 10.0. The molecule has 0 fully saturated rings. The second kappa shape index (κ2) is 4.93. The molecule has 0 aliphatic heterocycles. The summed E-state index contributed by atoms with van der Waals surface area (Å²) < 4.78 is 0.294. The van der Waals surface area contributed by atoms with Crippen molar-refractivity contribution in [2.45, 2.75) is 57.8 Å². The van der Waals surface area contributed by atoms with E-state index < -0.39 is 16.1 Å². The Morgan fingerprint density at radius 2 is 0.957 bits per heavy atom. The van der Waals surface area contributed by atoms with Gasteiger partial charge in [0.05, 0.1) is 16.1 Å². The molecule has 0 saturated carbocycles. The Labute approximate surface area is 144 Å². The van der Waals surface area contributed by atoms with Crippen molar-refractivity contribution < 1.29 is 0 Å². The molecular formula is C21H30Si2. The van der Waals surface area contributed by atoms with Gasteiger partial charge in [0.15, 0.2) is 0 Å². The van der Waals surface area contributed by atoms with Gasteiger partial charge in [-0.25, -0.2) is 0 Å². The summed E-state index contributed by atoms with van der Waals surface area (Å²) in [5, 5.41) is 0. The molecule has 3 rings (SSSR count). The lowest BCUT2D eigenvalue weighted by Crippen LogP contribution is -2.63. The van der Waals surface area contributed by atoms with E-state index in [9.17, 15) is 0 Å². The first-order valence-corrected chi connectivity index (χ1v) is 15.7. The number of hydrogen-bond donors (Lipinski definition) is 0. The van der Waals surface area contributed by atoms with Crippen molar-refractivity contribution in [1.29, 1.82) is 0 Å². The van der Waals surface area contributed by atoms with Crippen LogP contribution in [-0.2, 0) is 4.66 Å². The van der Waals surface area contributed by atoms with Gasteiger partial charge in [-0.15, -0.1) is 0 Å². The SMILES string of the molecule is Cc1ccc2c(c1)C([Si](C)(C)C)([Si](C)(C)C)c1cc(C)ccc1-2. The van der Waals surface area contributed by atoms with Crippen LogP contribution in [0.4, 0.5) is 0 Å². The van der Waals surface area contributed by atoms with Crippen LogP contribution in [0.15, 0.2) is 36.4 Å². The summed E-state index contributed by atoms with van der Waals surface area (Å²) in [6, 6.07) is 14.3. The minimum atomic E-state index is -1.50. The molecule has 2 aromatic rings. The van der Waals surface area contributed by atoms with Crippen LogP contribution in [0.25, 0.3) is 11.1 Å². The number of hydrogen-bond acceptors (Lipinski definition) is 0. The molecular weight excluding hydrogens is 308 g/mol. The van der Waals surface area contributed by atoms with Gasteiger partial charge < -0.3 is 0 Å². The van der Waals surface area contributed by atoms with E-state index in [2.05, 4.69) is 89.5 Å². The molecule has 23 heavy (non-hydrogen) atoms. The van der Waals surface area contributed by atoms with Crippen LogP contribution in [0.2, 0.25) is 39.3 Å². The Kier molecular flexibility index (Phi) is 3.59. The highest BCUT2D eigenvalue weighted by Gasteiger charge is 2.58. The van der Waals surface area contributed by atoms with Crippen molar-refractivity contribution in [3.63, 3.8) is 0 Å². The Balaban J connectivity index is 2.54. The van der Waals surface area contributed by atoms with Gasteiger partial charge in [0, 0.05) is 4.66 Å². The van der Waals surface area contributed by atoms with E-state index in [1.54, 1.807) is 11.1 Å². The molecule has 0 nitrogen and oxygen atoms in total. The maximum absolute atomic E-state index is 2.58. The van der Waals surface area contributed by atoms with Crippen molar-refractivity contribution in [3.05, 3.63) is 58.7 Å². The van der Waals surface area contributed by atoms with E-state index >= 15 is 0 Å². The van der Waals surface area contributed by atoms with E-state index in [1.165, 1.54) is 22.3 Å². The predicted molar refractivity (Wildman–Crippen MR) is 109 cm³/mol. The van der Waals surface area contributed by atoms with E-state index in [-0.39, 0.29) is 0 Å². The number of fused-ring (bicyclic) bond motifs is 3. The Morgan fingerprint density at radius 3 is 1.26 bits per heavy atom. The highest BCUT2D eigenvalue weighted by atomic mass is 28.4. The molecule has 0 heterocycles. The summed E-state index contributed by atoms with van der Waals surface area (Å²) in [5.74, 6) is 0. The lowest BCUT2D eigenvalue weighted by molar-refractivity contribution is 0.948. The largest absolute Gasteiger partial charge is 0.0688 e. The van der Waals surface area contributed by atoms with Crippen LogP contribution >= 0.6 is 0 Å². The second-order valence-electron chi connectivity index (χ2n) is 9.35. The van der Waals surface area contributed by atoms with Crippen molar-refractivity contribution >= 4 is 16.1 Å². The summed E-state index contributed by atoms with van der Waals surface area (Å²) in [6.07, 6.45) is 0. The average Bonchev–Trinajstić information content (AvgIpc) is 2.66. The maximum Gasteiger partial charge on any atom is 0.0579 e. The van der Waals surface area contributed by atoms with Gasteiger partial charge >= 0.3 is 0 Å². The Morgan fingerprint density at radius 1 is 0.609 bits per heavy atom. The lowest BCUT2D eigenvalue weighted by Gasteiger charge is -2.51. The van der Waals surface area contributed by atoms with Crippen molar-refractivity contribution in [2.75, 3.05) is 0 Å². The van der Waals surface area contributed by atoms with Gasteiger partial charge in [-0.3, -0.25) is 0 Å². The van der Waals surface area contributed by atoms with Crippen molar-refractivity contribution in [3.8, 4) is 11.1 Å². The molecule has 0 aromatic heterocycles. The first-order chi connectivity index (χ1) is 10.5. The predicted octanol–water partition coefficient (Wildman–Crippen LogP) is 6.32. The quantitative estimate of drug-likeness (QED) is 0.562. The van der Waals surface area contributed by atoms with Crippen molar-refractivity contribution in [1.82, 2.24) is 0 Å². The molecule has 0 amide bonds. The molecule has 2 heteroatoms. The zero-order chi connectivity index (χ0) is 17.2. The first kappa shape index (κ1) is 16.7. The fourth-order valence-electron chi connectivity index (χ4n) is 5.29. The molecule has 0 spiro atoms. The standard InChI is InChI=1S/C21H30Si2/c1-15-9-11-17-18-12-10-16(2)14-20(18)21(19(17)13-15,22(3,4)5)23(6,7)8/h9-14H,1-8H3. The third kappa shape index (κ3) is 2.15. The monoisotopic (exact) mass is 338 g/mol. The molecule has 0 atom stereocenters. The topological polar surface area (TPSA) is 0 Å². The van der Waals surface area contributed by atoms with Crippen LogP contribution in [0, 0.1) is 13.8 Å². The molecule has 0 saturated heterocycles. The van der Waals surface area contributed by atoms with Crippen LogP contribution < -0.4 is 0 Å². The second-order valence-corrected chi connectivity index (χ2v) is 20.3. The van der Waals surface area contributed by atoms with Crippen molar-refractivity contribution in [2.24, 2.45) is 0 Å². The summed E-state index contributed by atoms with van der Waals surface area (Å²) in [6.45, 7) is 20.0. The van der Waals surface area contributed by atoms with E-state index in [0.717, 1.165) is 0 Å². The Hall–Kier alpha value is -1.13. The molecule has 0 unspecified atom stereocenters. The van der Waals surface area contributed by atoms with Crippen LogP contribution in [0.1, 0.15) is 22.3 Å². The summed E-state index contributed by atoms with van der Waals surface area (Å²) in [5.41, 5.74) is 9.06. The van der Waals surface area contributed by atoms with Gasteiger partial charge in [-0.2, -0.15) is 0 Å². The van der Waals surface area contributed by atoms with Crippen LogP contribution in [0.3, 0.4) is 0 Å².